The third kappa shape index (κ3) is 4.24. The Hall–Kier alpha value is 0.234. The number of alkyl halides is 2. The van der Waals surface area contributed by atoms with Crippen LogP contribution in [0.3, 0.4) is 0 Å². The molecule has 0 N–H and O–H groups in total. The minimum Gasteiger partial charge on any atom is -0.127 e. The molecule has 0 saturated heterocycles. The number of rotatable bonds is 6. The topological polar surface area (TPSA) is 0 Å². The van der Waals surface area contributed by atoms with Gasteiger partial charge in [0.25, 0.3) is 0 Å². The molecule has 2 unspecified atom stereocenters. The molecule has 0 spiro atoms. The Bertz CT molecular complexity index is 269. The minimum absolute atomic E-state index is 0.771. The lowest BCUT2D eigenvalue weighted by atomic mass is 10.4. The van der Waals surface area contributed by atoms with Crippen LogP contribution in [-0.2, 0) is 0 Å². The first-order valence-corrected chi connectivity index (χ1v) is 12.1. The molecule has 0 amide bonds. The highest BCUT2D eigenvalue weighted by atomic mass is 35.5. The maximum atomic E-state index is 5.80. The van der Waals surface area contributed by atoms with Crippen LogP contribution >= 0.6 is 23.2 Å². The van der Waals surface area contributed by atoms with E-state index in [1.165, 1.54) is 22.5 Å². The Morgan fingerprint density at radius 3 is 1.38 bits per heavy atom. The van der Waals surface area contributed by atoms with E-state index in [1.807, 2.05) is 0 Å². The largest absolute Gasteiger partial charge is 0.127 e. The normalized spacial score (nSPS) is 14.8. The Morgan fingerprint density at radius 1 is 0.812 bits per heavy atom. The van der Waals surface area contributed by atoms with Gasteiger partial charge in [-0.2, -0.15) is 0 Å². The van der Waals surface area contributed by atoms with Gasteiger partial charge in [-0.05, 0) is 12.1 Å². The fraction of sp³-hybridized carbons (Fsp3) is 0.500. The zero-order valence-electron chi connectivity index (χ0n) is 10.0. The van der Waals surface area contributed by atoms with Gasteiger partial charge >= 0.3 is 0 Å². The minimum atomic E-state index is -0.771. The number of hydrogen-bond donors (Lipinski definition) is 0. The summed E-state index contributed by atoms with van der Waals surface area (Å²) >= 11 is 11.6. The summed E-state index contributed by atoms with van der Waals surface area (Å²) in [5.74, 6) is 1.60. The molecule has 1 rings (SSSR count). The van der Waals surface area contributed by atoms with Crippen LogP contribution in [0.4, 0.5) is 0 Å². The highest BCUT2D eigenvalue weighted by Gasteiger charge is 2.09. The van der Waals surface area contributed by atoms with Crippen molar-refractivity contribution in [2.24, 2.45) is 0 Å². The maximum absolute atomic E-state index is 5.80. The molecule has 4 heteroatoms. The van der Waals surface area contributed by atoms with Crippen molar-refractivity contribution in [2.45, 2.75) is 25.2 Å². The van der Waals surface area contributed by atoms with E-state index in [9.17, 15) is 0 Å². The van der Waals surface area contributed by atoms with E-state index in [4.69, 9.17) is 23.2 Å². The first-order chi connectivity index (χ1) is 7.69. The van der Waals surface area contributed by atoms with Gasteiger partial charge in [0.1, 0.15) is 0 Å². The summed E-state index contributed by atoms with van der Waals surface area (Å²) in [6, 6.07) is 11.6. The van der Waals surface area contributed by atoms with Crippen molar-refractivity contribution >= 4 is 51.2 Å². The van der Waals surface area contributed by atoms with Crippen molar-refractivity contribution < 1.29 is 0 Å². The van der Waals surface area contributed by atoms with Crippen molar-refractivity contribution in [2.75, 3.05) is 11.8 Å². The predicted octanol–water partition coefficient (Wildman–Crippen LogP) is 2.29. The van der Waals surface area contributed by atoms with Gasteiger partial charge in [-0.15, -0.1) is 23.2 Å². The quantitative estimate of drug-likeness (QED) is 0.557. The molecule has 0 bridgehead atoms. The molecule has 0 aliphatic rings. The summed E-state index contributed by atoms with van der Waals surface area (Å²) in [7, 11) is -1.54. The van der Waals surface area contributed by atoms with Gasteiger partial charge in [0.2, 0.25) is 0 Å². The Kier molecular flexibility index (Phi) is 6.74. The summed E-state index contributed by atoms with van der Waals surface area (Å²) in [4.78, 5) is 0. The Morgan fingerprint density at radius 2 is 1.12 bits per heavy atom. The van der Waals surface area contributed by atoms with Crippen LogP contribution in [-0.4, -0.2) is 29.4 Å². The van der Waals surface area contributed by atoms with Crippen LogP contribution in [0.5, 0.6) is 0 Å². The standard InChI is InChI=1S/C12H20Cl2Si2/c1-15(9-7-13)11-3-5-12(6-4-11)16(2)10-8-14/h3-6,15-16H,7-10H2,1-2H3. The van der Waals surface area contributed by atoms with Gasteiger partial charge in [0.05, 0.1) is 17.6 Å². The summed E-state index contributed by atoms with van der Waals surface area (Å²) in [6.45, 7) is 4.74. The lowest BCUT2D eigenvalue weighted by Gasteiger charge is -2.12. The van der Waals surface area contributed by atoms with Crippen LogP contribution in [0.25, 0.3) is 0 Å². The average molecular weight is 291 g/mol. The van der Waals surface area contributed by atoms with Crippen LogP contribution in [0.2, 0.25) is 25.2 Å². The van der Waals surface area contributed by atoms with E-state index in [-0.39, 0.29) is 0 Å². The first kappa shape index (κ1) is 14.3. The molecule has 2 atom stereocenters. The number of hydrogen-bond acceptors (Lipinski definition) is 0. The van der Waals surface area contributed by atoms with Gasteiger partial charge in [0.15, 0.2) is 0 Å². The van der Waals surface area contributed by atoms with Gasteiger partial charge in [0, 0.05) is 11.8 Å². The zero-order chi connectivity index (χ0) is 12.0. The molecule has 0 fully saturated rings. The molecule has 0 nitrogen and oxygen atoms in total. The van der Waals surface area contributed by atoms with E-state index < -0.39 is 17.6 Å². The molecular weight excluding hydrogens is 271 g/mol. The highest BCUT2D eigenvalue weighted by molar-refractivity contribution is 6.74. The fourth-order valence-corrected chi connectivity index (χ4v) is 6.80. The van der Waals surface area contributed by atoms with Crippen molar-refractivity contribution in [3.05, 3.63) is 24.3 Å². The third-order valence-corrected chi connectivity index (χ3v) is 9.68. The van der Waals surface area contributed by atoms with E-state index in [1.54, 1.807) is 0 Å². The van der Waals surface area contributed by atoms with E-state index >= 15 is 0 Å². The SMILES string of the molecule is C[SiH](CCCl)c1ccc([SiH](C)CCCl)cc1. The smallest absolute Gasteiger partial charge is 0.0689 e. The lowest BCUT2D eigenvalue weighted by molar-refractivity contribution is 1.43. The zero-order valence-corrected chi connectivity index (χ0v) is 13.9. The summed E-state index contributed by atoms with van der Waals surface area (Å²) in [5.41, 5.74) is 0. The van der Waals surface area contributed by atoms with E-state index in [2.05, 4.69) is 37.4 Å². The van der Waals surface area contributed by atoms with Crippen molar-refractivity contribution in [1.29, 1.82) is 0 Å². The summed E-state index contributed by atoms with van der Waals surface area (Å²) in [6.07, 6.45) is 0. The van der Waals surface area contributed by atoms with Crippen LogP contribution in [0, 0.1) is 0 Å². The molecule has 1 aromatic carbocycles. The molecule has 0 saturated carbocycles. The Labute approximate surface area is 112 Å². The van der Waals surface area contributed by atoms with Crippen LogP contribution in [0.1, 0.15) is 0 Å². The molecule has 0 radical (unpaired) electrons. The molecule has 0 heterocycles. The van der Waals surface area contributed by atoms with Crippen molar-refractivity contribution in [3.8, 4) is 0 Å². The predicted molar refractivity (Wildman–Crippen MR) is 82.8 cm³/mol. The van der Waals surface area contributed by atoms with Gasteiger partial charge < -0.3 is 0 Å². The second-order valence-corrected chi connectivity index (χ2v) is 11.3. The second-order valence-electron chi connectivity index (χ2n) is 4.42. The number of benzene rings is 1. The monoisotopic (exact) mass is 290 g/mol. The summed E-state index contributed by atoms with van der Waals surface area (Å²) < 4.78 is 0. The molecular formula is C12H20Cl2Si2. The number of halogens is 2. The Balaban J connectivity index is 2.67. The lowest BCUT2D eigenvalue weighted by Crippen LogP contribution is -2.32. The van der Waals surface area contributed by atoms with Gasteiger partial charge in [-0.1, -0.05) is 47.7 Å². The third-order valence-electron chi connectivity index (χ3n) is 3.16. The average Bonchev–Trinajstić information content (AvgIpc) is 2.30. The molecule has 0 aromatic heterocycles. The molecule has 0 aliphatic carbocycles. The molecule has 16 heavy (non-hydrogen) atoms. The van der Waals surface area contributed by atoms with Crippen molar-refractivity contribution in [3.63, 3.8) is 0 Å². The maximum Gasteiger partial charge on any atom is 0.0689 e. The first-order valence-electron chi connectivity index (χ1n) is 5.90. The highest BCUT2D eigenvalue weighted by Crippen LogP contribution is 1.99. The molecule has 1 aromatic rings. The van der Waals surface area contributed by atoms with Crippen LogP contribution in [0.15, 0.2) is 24.3 Å². The van der Waals surface area contributed by atoms with Gasteiger partial charge in [-0.3, -0.25) is 0 Å². The van der Waals surface area contributed by atoms with E-state index in [0.29, 0.717) is 0 Å². The summed E-state index contributed by atoms with van der Waals surface area (Å²) in [5, 5.41) is 3.08. The van der Waals surface area contributed by atoms with Crippen LogP contribution < -0.4 is 10.4 Å². The van der Waals surface area contributed by atoms with E-state index in [0.717, 1.165) is 11.8 Å². The van der Waals surface area contributed by atoms with Crippen molar-refractivity contribution in [1.82, 2.24) is 0 Å². The van der Waals surface area contributed by atoms with Gasteiger partial charge in [-0.25, -0.2) is 0 Å². The fourth-order valence-electron chi connectivity index (χ4n) is 1.81. The molecule has 0 aliphatic heterocycles. The molecule has 90 valence electrons. The second kappa shape index (κ2) is 7.54.